The van der Waals surface area contributed by atoms with Crippen molar-refractivity contribution in [3.05, 3.63) is 107 Å². The molecule has 252 valence electrons. The molecule has 0 unspecified atom stereocenters. The number of hydrogen-bond acceptors (Lipinski definition) is 5. The molecule has 1 amide bonds. The van der Waals surface area contributed by atoms with Crippen LogP contribution < -0.4 is 4.90 Å². The highest BCUT2D eigenvalue weighted by Crippen LogP contribution is 2.37. The van der Waals surface area contributed by atoms with Gasteiger partial charge in [0.15, 0.2) is 11.8 Å². The summed E-state index contributed by atoms with van der Waals surface area (Å²) < 4.78 is 95.3. The van der Waals surface area contributed by atoms with Crippen molar-refractivity contribution in [2.45, 2.75) is 24.8 Å². The molecule has 14 heteroatoms. The van der Waals surface area contributed by atoms with Crippen LogP contribution in [0.2, 0.25) is 0 Å². The number of carbonyl (C=O) groups is 1. The average Bonchev–Trinajstić information content (AvgIpc) is 3.47. The Bertz CT molecular complexity index is 1810. The van der Waals surface area contributed by atoms with E-state index in [1.165, 1.54) is 17.0 Å². The number of nitrogens with zero attached hydrogens (tertiary/aromatic N) is 4. The normalized spacial score (nSPS) is 17.5. The van der Waals surface area contributed by atoms with Crippen molar-refractivity contribution in [2.75, 3.05) is 50.7 Å². The Labute approximate surface area is 270 Å². The van der Waals surface area contributed by atoms with Gasteiger partial charge in [-0.1, -0.05) is 18.2 Å². The molecule has 3 heterocycles. The predicted molar refractivity (Wildman–Crippen MR) is 164 cm³/mol. The minimum absolute atomic E-state index is 0.00484. The Kier molecular flexibility index (Phi) is 8.86. The second-order valence-corrected chi connectivity index (χ2v) is 11.8. The number of H-pyrrole nitrogens is 1. The van der Waals surface area contributed by atoms with E-state index < -0.39 is 41.0 Å². The number of carbonyl (C=O) groups excluding carboxylic acids is 2. The Morgan fingerprint density at radius 3 is 2.06 bits per heavy atom. The summed E-state index contributed by atoms with van der Waals surface area (Å²) in [6.45, 7) is 2.07. The van der Waals surface area contributed by atoms with Crippen molar-refractivity contribution in [1.29, 1.82) is 0 Å². The molecule has 6 rings (SSSR count). The molecule has 2 aliphatic heterocycles. The molecule has 4 aromatic rings. The number of anilines is 1. The Morgan fingerprint density at radius 2 is 1.44 bits per heavy atom. The fourth-order valence-corrected chi connectivity index (χ4v) is 6.45. The van der Waals surface area contributed by atoms with Crippen molar-refractivity contribution < 1.29 is 40.3 Å². The summed E-state index contributed by atoms with van der Waals surface area (Å²) in [6, 6.07) is 13.7. The van der Waals surface area contributed by atoms with Gasteiger partial charge in [-0.2, -0.15) is 26.3 Å². The van der Waals surface area contributed by atoms with Gasteiger partial charge in [0.1, 0.15) is 5.82 Å². The van der Waals surface area contributed by atoms with Crippen LogP contribution in [0.15, 0.2) is 78.7 Å². The zero-order chi connectivity index (χ0) is 34.2. The first-order valence-electron chi connectivity index (χ1n) is 15.2. The lowest BCUT2D eigenvalue weighted by Gasteiger charge is -2.46. The van der Waals surface area contributed by atoms with E-state index in [0.717, 1.165) is 22.2 Å². The molecule has 1 atom stereocenters. The largest absolute Gasteiger partial charge is 0.416 e. The van der Waals surface area contributed by atoms with Gasteiger partial charge in [-0.3, -0.25) is 4.79 Å². The van der Waals surface area contributed by atoms with E-state index in [-0.39, 0.29) is 43.8 Å². The highest BCUT2D eigenvalue weighted by molar-refractivity contribution is 5.95. The SMILES string of the molecule is O=C=C(N1CCN(c2ccc(F)cc2)CC1)N1CCN(C(=O)c2cc(C(F)(F)F)cc(C(F)(F)F)c2)[C@H](Cc2c[nH]c3ccccc23)C1. The summed E-state index contributed by atoms with van der Waals surface area (Å²) in [5.41, 5.74) is -1.42. The van der Waals surface area contributed by atoms with Gasteiger partial charge >= 0.3 is 12.4 Å². The number of fused-ring (bicyclic) bond motifs is 1. The van der Waals surface area contributed by atoms with E-state index in [1.54, 1.807) is 23.2 Å². The summed E-state index contributed by atoms with van der Waals surface area (Å²) >= 11 is 0. The van der Waals surface area contributed by atoms with Gasteiger partial charge in [-0.25, -0.2) is 9.18 Å². The van der Waals surface area contributed by atoms with Gasteiger partial charge in [0.05, 0.1) is 17.2 Å². The highest BCUT2D eigenvalue weighted by atomic mass is 19.4. The standard InChI is InChI=1S/C34H30F7N5O2/c35-26-5-7-27(8-6-26)43-9-11-44(12-10-43)31(21-47)45-13-14-46(28(20-45)17-23-19-42-30-4-2-1-3-29(23)30)32(48)22-15-24(33(36,37)38)18-25(16-22)34(39,40)41/h1-8,15-16,18-19,28,42H,9-14,17,20H2/t28-/m1/s1. The lowest BCUT2D eigenvalue weighted by molar-refractivity contribution is -0.143. The maximum atomic E-state index is 13.8. The van der Waals surface area contributed by atoms with Gasteiger partial charge in [0.2, 0.25) is 0 Å². The van der Waals surface area contributed by atoms with Gasteiger partial charge < -0.3 is 24.6 Å². The van der Waals surface area contributed by atoms with Crippen LogP contribution in [-0.4, -0.2) is 83.4 Å². The Balaban J connectivity index is 1.27. The third-order valence-electron chi connectivity index (χ3n) is 8.87. The lowest BCUT2D eigenvalue weighted by Crippen LogP contribution is -2.58. The number of rotatable bonds is 6. The molecule has 0 bridgehead atoms. The zero-order valence-corrected chi connectivity index (χ0v) is 25.4. The number of para-hydroxylation sites is 1. The van der Waals surface area contributed by atoms with Gasteiger partial charge in [0.25, 0.3) is 5.91 Å². The number of nitrogens with one attached hydrogen (secondary N) is 1. The summed E-state index contributed by atoms with van der Waals surface area (Å²) in [6.07, 6.45) is -8.25. The third-order valence-corrected chi connectivity index (χ3v) is 8.87. The monoisotopic (exact) mass is 673 g/mol. The van der Waals surface area contributed by atoms with E-state index in [2.05, 4.69) is 9.88 Å². The van der Waals surface area contributed by atoms with E-state index in [0.29, 0.717) is 38.3 Å². The van der Waals surface area contributed by atoms with Crippen LogP contribution >= 0.6 is 0 Å². The molecule has 0 radical (unpaired) electrons. The van der Waals surface area contributed by atoms with Gasteiger partial charge in [0, 0.05) is 74.2 Å². The maximum Gasteiger partial charge on any atom is 0.416 e. The number of halogens is 7. The number of piperazine rings is 2. The van der Waals surface area contributed by atoms with Crippen LogP contribution in [0.4, 0.5) is 36.4 Å². The first-order valence-corrected chi connectivity index (χ1v) is 15.2. The maximum absolute atomic E-state index is 13.8. The fourth-order valence-electron chi connectivity index (χ4n) is 6.45. The van der Waals surface area contributed by atoms with Crippen molar-refractivity contribution >= 4 is 28.4 Å². The average molecular weight is 674 g/mol. The van der Waals surface area contributed by atoms with Crippen molar-refractivity contribution in [3.8, 4) is 0 Å². The number of benzene rings is 3. The molecule has 1 aromatic heterocycles. The molecule has 1 N–H and O–H groups in total. The molecule has 7 nitrogen and oxygen atoms in total. The fraction of sp³-hybridized carbons (Fsp3) is 0.324. The molecule has 48 heavy (non-hydrogen) atoms. The highest BCUT2D eigenvalue weighted by Gasteiger charge is 2.40. The summed E-state index contributed by atoms with van der Waals surface area (Å²) in [4.78, 5) is 36.4. The molecule has 2 fully saturated rings. The van der Waals surface area contributed by atoms with Gasteiger partial charge in [-0.15, -0.1) is 0 Å². The van der Waals surface area contributed by atoms with E-state index in [4.69, 9.17) is 0 Å². The summed E-state index contributed by atoms with van der Waals surface area (Å²) in [5, 5.41) is 0.850. The molecular formula is C34H30F7N5O2. The molecular weight excluding hydrogens is 643 g/mol. The summed E-state index contributed by atoms with van der Waals surface area (Å²) in [7, 11) is 0. The Hall–Kier alpha value is -4.97. The second-order valence-electron chi connectivity index (χ2n) is 11.8. The van der Waals surface area contributed by atoms with Crippen molar-refractivity contribution in [2.24, 2.45) is 0 Å². The molecule has 2 saturated heterocycles. The smallest absolute Gasteiger partial charge is 0.368 e. The first kappa shape index (κ1) is 33.0. The van der Waals surface area contributed by atoms with Crippen LogP contribution in [0.25, 0.3) is 10.9 Å². The number of amides is 1. The minimum Gasteiger partial charge on any atom is -0.368 e. The van der Waals surface area contributed by atoms with Crippen LogP contribution in [0.3, 0.4) is 0 Å². The summed E-state index contributed by atoms with van der Waals surface area (Å²) in [5.74, 6) is 0.959. The molecule has 0 saturated carbocycles. The van der Waals surface area contributed by atoms with Crippen LogP contribution in [0, 0.1) is 5.82 Å². The number of aromatic nitrogens is 1. The quantitative estimate of drug-likeness (QED) is 0.195. The van der Waals surface area contributed by atoms with Crippen molar-refractivity contribution in [3.63, 3.8) is 0 Å². The number of hydrogen-bond donors (Lipinski definition) is 1. The third kappa shape index (κ3) is 6.84. The zero-order valence-electron chi connectivity index (χ0n) is 25.4. The topological polar surface area (TPSA) is 62.9 Å². The molecule has 2 aliphatic rings. The van der Waals surface area contributed by atoms with Crippen LogP contribution in [0.1, 0.15) is 27.0 Å². The predicted octanol–water partition coefficient (Wildman–Crippen LogP) is 6.21. The van der Waals surface area contributed by atoms with E-state index in [9.17, 15) is 40.3 Å². The first-order chi connectivity index (χ1) is 22.8. The minimum atomic E-state index is -5.11. The number of aromatic amines is 1. The second kappa shape index (κ2) is 12.9. The van der Waals surface area contributed by atoms with Crippen molar-refractivity contribution in [1.82, 2.24) is 19.7 Å². The number of alkyl halides is 6. The molecule has 3 aromatic carbocycles. The molecule has 0 aliphatic carbocycles. The van der Waals surface area contributed by atoms with Gasteiger partial charge in [-0.05, 0) is 60.5 Å². The Morgan fingerprint density at radius 1 is 0.812 bits per heavy atom. The molecule has 0 spiro atoms. The van der Waals surface area contributed by atoms with Crippen LogP contribution in [0.5, 0.6) is 0 Å². The van der Waals surface area contributed by atoms with Crippen LogP contribution in [-0.2, 0) is 23.6 Å². The van der Waals surface area contributed by atoms with E-state index in [1.807, 2.05) is 35.1 Å². The lowest BCUT2D eigenvalue weighted by atomic mass is 9.98. The van der Waals surface area contributed by atoms with E-state index >= 15 is 0 Å².